The number of hydrogen-bond acceptors (Lipinski definition) is 6. The molecule has 1 aliphatic carbocycles. The van der Waals surface area contributed by atoms with Gasteiger partial charge in [-0.2, -0.15) is 16.8 Å². The van der Waals surface area contributed by atoms with Crippen molar-refractivity contribution in [2.75, 3.05) is 34.4 Å². The van der Waals surface area contributed by atoms with Crippen LogP contribution in [0.5, 0.6) is 0 Å². The fraction of sp³-hybridized carbons (Fsp3) is 0.583. The zero-order valence-electron chi connectivity index (χ0n) is 19.7. The lowest BCUT2D eigenvalue weighted by Crippen LogP contribution is -2.66. The maximum atomic E-state index is 11.5. The van der Waals surface area contributed by atoms with Crippen molar-refractivity contribution in [1.82, 2.24) is 0 Å². The molecule has 1 aliphatic heterocycles. The molecule has 0 radical (unpaired) electrons. The van der Waals surface area contributed by atoms with Crippen molar-refractivity contribution in [2.24, 2.45) is 11.8 Å². The van der Waals surface area contributed by atoms with Crippen LogP contribution in [0.25, 0.3) is 10.8 Å². The molecule has 2 aromatic rings. The van der Waals surface area contributed by atoms with Crippen LogP contribution >= 0.6 is 0 Å². The third kappa shape index (κ3) is 5.19. The van der Waals surface area contributed by atoms with Crippen molar-refractivity contribution in [3.8, 4) is 0 Å². The van der Waals surface area contributed by atoms with E-state index in [9.17, 15) is 25.9 Å². The lowest BCUT2D eigenvalue weighted by molar-refractivity contribution is 0.163. The zero-order chi connectivity index (χ0) is 24.7. The third-order valence-corrected chi connectivity index (χ3v) is 8.78. The number of nitrogens with zero attached hydrogens (tertiary/aromatic N) is 2. The van der Waals surface area contributed by atoms with Gasteiger partial charge in [0.15, 0.2) is 0 Å². The van der Waals surface area contributed by atoms with Crippen molar-refractivity contribution in [3.05, 3.63) is 36.4 Å². The van der Waals surface area contributed by atoms with Gasteiger partial charge in [0.1, 0.15) is 5.66 Å². The van der Waals surface area contributed by atoms with Gasteiger partial charge in [-0.1, -0.05) is 38.1 Å². The highest BCUT2D eigenvalue weighted by Crippen LogP contribution is 2.52. The minimum absolute atomic E-state index is 0.279. The van der Waals surface area contributed by atoms with Crippen LogP contribution in [0, 0.1) is 11.8 Å². The van der Waals surface area contributed by atoms with Crippen LogP contribution in [0.2, 0.25) is 0 Å². The molecule has 2 aromatic carbocycles. The van der Waals surface area contributed by atoms with Gasteiger partial charge in [0.05, 0.1) is 11.5 Å². The summed E-state index contributed by atoms with van der Waals surface area (Å²) in [7, 11) is -8.16. The van der Waals surface area contributed by atoms with Gasteiger partial charge < -0.3 is 9.80 Å². The Balaban J connectivity index is 1.85. The van der Waals surface area contributed by atoms with Crippen molar-refractivity contribution >= 4 is 42.4 Å². The van der Waals surface area contributed by atoms with E-state index >= 15 is 0 Å². The molecule has 0 aromatic heterocycles. The molecular formula is C24H34N2O6S2. The summed E-state index contributed by atoms with van der Waals surface area (Å²) in [6, 6.07) is 12.2. The minimum Gasteiger partial charge on any atom is -0.348 e. The molecule has 34 heavy (non-hydrogen) atoms. The molecule has 0 bridgehead atoms. The van der Waals surface area contributed by atoms with E-state index in [-0.39, 0.29) is 24.3 Å². The smallest absolute Gasteiger partial charge is 0.264 e. The molecule has 2 unspecified atom stereocenters. The normalized spacial score (nSPS) is 22.5. The Bertz CT molecular complexity index is 1170. The summed E-state index contributed by atoms with van der Waals surface area (Å²) in [5.74, 6) is 0.207. The Morgan fingerprint density at radius 1 is 0.824 bits per heavy atom. The number of rotatable bonds is 8. The second-order valence-corrected chi connectivity index (χ2v) is 13.2. The van der Waals surface area contributed by atoms with Gasteiger partial charge in [-0.25, -0.2) is 0 Å². The lowest BCUT2D eigenvalue weighted by Gasteiger charge is -2.60. The summed E-state index contributed by atoms with van der Waals surface area (Å²) < 4.78 is 64.6. The Hall–Kier alpha value is -1.88. The van der Waals surface area contributed by atoms with Crippen molar-refractivity contribution in [2.45, 2.75) is 51.6 Å². The summed E-state index contributed by atoms with van der Waals surface area (Å²) >= 11 is 0. The van der Waals surface area contributed by atoms with Crippen molar-refractivity contribution in [1.29, 1.82) is 0 Å². The standard InChI is InChI=1S/C24H34N2O6S2/c1-18-15-19(2)17-24(16-18)25(11-5-13-33(27,28)29)21-9-3-7-20-8-4-10-22(23(20)21)26(24)12-6-14-34(30,31)32/h3-4,7-10,18-19H,5-6,11-17H2,1-2H3,(H,27,28,29)(H,30,31,32). The van der Waals surface area contributed by atoms with E-state index in [4.69, 9.17) is 0 Å². The quantitative estimate of drug-likeness (QED) is 0.509. The first kappa shape index (κ1) is 25.2. The van der Waals surface area contributed by atoms with Crippen LogP contribution in [0.3, 0.4) is 0 Å². The second-order valence-electron chi connectivity index (χ2n) is 10.1. The fourth-order valence-corrected chi connectivity index (χ4v) is 7.29. The highest BCUT2D eigenvalue weighted by atomic mass is 32.2. The minimum atomic E-state index is -4.08. The van der Waals surface area contributed by atoms with Crippen molar-refractivity contribution < 1.29 is 25.9 Å². The Kier molecular flexibility index (Phi) is 6.89. The van der Waals surface area contributed by atoms with Crippen LogP contribution in [0.15, 0.2) is 36.4 Å². The van der Waals surface area contributed by atoms with Gasteiger partial charge in [0.2, 0.25) is 0 Å². The topological polar surface area (TPSA) is 115 Å². The third-order valence-electron chi connectivity index (χ3n) is 7.17. The van der Waals surface area contributed by atoms with E-state index in [1.165, 1.54) is 0 Å². The summed E-state index contributed by atoms with van der Waals surface area (Å²) in [6.07, 6.45) is 3.34. The largest absolute Gasteiger partial charge is 0.348 e. The Morgan fingerprint density at radius 2 is 1.26 bits per heavy atom. The summed E-state index contributed by atoms with van der Waals surface area (Å²) in [5, 5.41) is 2.11. The first-order valence-corrected chi connectivity index (χ1v) is 15.1. The lowest BCUT2D eigenvalue weighted by atomic mass is 9.73. The molecule has 8 nitrogen and oxygen atoms in total. The molecule has 10 heteroatoms. The van der Waals surface area contributed by atoms with Crippen LogP contribution in [0.4, 0.5) is 11.4 Å². The molecule has 2 atom stereocenters. The first-order valence-electron chi connectivity index (χ1n) is 11.9. The van der Waals surface area contributed by atoms with Crippen LogP contribution in [0.1, 0.15) is 46.0 Å². The molecule has 1 heterocycles. The van der Waals surface area contributed by atoms with Gasteiger partial charge in [-0.3, -0.25) is 9.11 Å². The SMILES string of the molecule is CC1CC(C)CC2(C1)N(CCCS(=O)(=O)O)c1cccc3cccc(c13)N2CCCS(=O)(=O)O. The van der Waals surface area contributed by atoms with Gasteiger partial charge in [-0.15, -0.1) is 0 Å². The highest BCUT2D eigenvalue weighted by molar-refractivity contribution is 7.86. The summed E-state index contributed by atoms with van der Waals surface area (Å²) in [4.78, 5) is 4.60. The number of benzene rings is 2. The molecule has 0 amide bonds. The molecule has 2 N–H and O–H groups in total. The molecule has 1 spiro atoms. The zero-order valence-corrected chi connectivity index (χ0v) is 21.4. The van der Waals surface area contributed by atoms with Gasteiger partial charge in [0, 0.05) is 29.9 Å². The van der Waals surface area contributed by atoms with Crippen molar-refractivity contribution in [3.63, 3.8) is 0 Å². The van der Waals surface area contributed by atoms with Crippen LogP contribution in [-0.2, 0) is 20.2 Å². The number of hydrogen-bond donors (Lipinski definition) is 2. The van der Waals surface area contributed by atoms with E-state index in [2.05, 4.69) is 35.8 Å². The van der Waals surface area contributed by atoms with E-state index in [1.54, 1.807) is 0 Å². The second kappa shape index (κ2) is 9.29. The van der Waals surface area contributed by atoms with E-state index < -0.39 is 25.9 Å². The summed E-state index contributed by atoms with van der Waals surface area (Å²) in [6.45, 7) is 5.35. The average molecular weight is 511 g/mol. The van der Waals surface area contributed by atoms with Gasteiger partial charge in [0.25, 0.3) is 20.2 Å². The monoisotopic (exact) mass is 510 g/mol. The summed E-state index contributed by atoms with van der Waals surface area (Å²) in [5.41, 5.74) is 1.62. The van der Waals surface area contributed by atoms with Crippen LogP contribution < -0.4 is 9.80 Å². The maximum Gasteiger partial charge on any atom is 0.264 e. The fourth-order valence-electron chi connectivity index (χ4n) is 6.31. The van der Waals surface area contributed by atoms with E-state index in [0.717, 1.165) is 41.4 Å². The average Bonchev–Trinajstić information content (AvgIpc) is 2.70. The maximum absolute atomic E-state index is 11.5. The predicted octanol–water partition coefficient (Wildman–Crippen LogP) is 4.17. The molecule has 0 saturated heterocycles. The molecular weight excluding hydrogens is 476 g/mol. The molecule has 4 rings (SSSR count). The number of anilines is 2. The van der Waals surface area contributed by atoms with Gasteiger partial charge in [-0.05, 0) is 61.5 Å². The predicted molar refractivity (Wildman–Crippen MR) is 136 cm³/mol. The highest BCUT2D eigenvalue weighted by Gasteiger charge is 2.50. The first-order chi connectivity index (χ1) is 15.9. The molecule has 188 valence electrons. The van der Waals surface area contributed by atoms with E-state index in [0.29, 0.717) is 24.9 Å². The van der Waals surface area contributed by atoms with E-state index in [1.807, 2.05) is 24.3 Å². The van der Waals surface area contributed by atoms with Crippen LogP contribution in [-0.4, -0.2) is 56.2 Å². The molecule has 1 fully saturated rings. The molecule has 2 aliphatic rings. The molecule has 1 saturated carbocycles. The van der Waals surface area contributed by atoms with Gasteiger partial charge >= 0.3 is 0 Å². The Morgan fingerprint density at radius 3 is 1.68 bits per heavy atom. The Labute approximate surface area is 202 Å².